The smallest absolute Gasteiger partial charge is 0.401 e. The minimum Gasteiger partial charge on any atom is -0.401 e. The van der Waals surface area contributed by atoms with E-state index in [1.807, 2.05) is 19.1 Å². The molecule has 3 heterocycles. The van der Waals surface area contributed by atoms with Gasteiger partial charge in [-0.2, -0.15) is 0 Å². The Morgan fingerprint density at radius 2 is 2.15 bits per heavy atom. The normalized spacial score (nSPS) is 18.4. The van der Waals surface area contributed by atoms with Gasteiger partial charge in [-0.3, -0.25) is 20.2 Å². The van der Waals surface area contributed by atoms with E-state index in [-0.39, 0.29) is 17.6 Å². The highest BCUT2D eigenvalue weighted by Gasteiger charge is 2.36. The number of hydrogen-bond acceptors (Lipinski definition) is 8. The van der Waals surface area contributed by atoms with Gasteiger partial charge < -0.3 is 4.42 Å². The van der Waals surface area contributed by atoms with Gasteiger partial charge in [-0.05, 0) is 17.9 Å². The Balaban J connectivity index is 1.92. The lowest BCUT2D eigenvalue weighted by atomic mass is 10.1. The molecule has 1 N–H and O–H groups in total. The lowest BCUT2D eigenvalue weighted by Crippen LogP contribution is -2.50. The summed E-state index contributed by atoms with van der Waals surface area (Å²) in [6, 6.07) is 9.92. The lowest BCUT2D eigenvalue weighted by Gasteiger charge is -2.32. The van der Waals surface area contributed by atoms with Gasteiger partial charge in [-0.15, -0.1) is 5.10 Å². The van der Waals surface area contributed by atoms with E-state index in [0.717, 1.165) is 5.75 Å². The van der Waals surface area contributed by atoms with Crippen LogP contribution in [0.15, 0.2) is 50.9 Å². The van der Waals surface area contributed by atoms with Gasteiger partial charge in [0.2, 0.25) is 6.17 Å². The summed E-state index contributed by atoms with van der Waals surface area (Å²) in [5, 5.41) is 21.3. The minimum absolute atomic E-state index is 0.239. The predicted octanol–water partition coefficient (Wildman–Crippen LogP) is 1.08. The summed E-state index contributed by atoms with van der Waals surface area (Å²) in [6.07, 6.45) is -0.799. The molecule has 1 atom stereocenters. The van der Waals surface area contributed by atoms with E-state index >= 15 is 0 Å². The molecule has 0 spiro atoms. The Hall–Kier alpha value is -3.14. The highest BCUT2D eigenvalue weighted by Crippen LogP contribution is 2.33. The number of nitrogens with zero attached hydrogens (tertiary/aromatic N) is 4. The highest BCUT2D eigenvalue weighted by molar-refractivity contribution is 8.13. The van der Waals surface area contributed by atoms with Crippen LogP contribution in [0.3, 0.4) is 0 Å². The van der Waals surface area contributed by atoms with E-state index in [1.54, 1.807) is 12.1 Å². The fourth-order valence-electron chi connectivity index (χ4n) is 2.79. The van der Waals surface area contributed by atoms with Crippen LogP contribution in [0.4, 0.5) is 5.88 Å². The molecule has 2 aromatic rings. The van der Waals surface area contributed by atoms with E-state index in [9.17, 15) is 14.9 Å². The number of rotatable bonds is 3. The molecule has 1 aromatic heterocycles. The van der Waals surface area contributed by atoms with Gasteiger partial charge in [0.1, 0.15) is 10.6 Å². The van der Waals surface area contributed by atoms with Crippen LogP contribution in [-0.4, -0.2) is 26.8 Å². The van der Waals surface area contributed by atoms with Crippen molar-refractivity contribution in [1.82, 2.24) is 10.3 Å². The number of amidine groups is 1. The quantitative estimate of drug-likeness (QED) is 0.638. The van der Waals surface area contributed by atoms with Crippen molar-refractivity contribution < 1.29 is 14.1 Å². The maximum atomic E-state index is 12.7. The van der Waals surface area contributed by atoms with Crippen LogP contribution in [0, 0.1) is 10.1 Å². The van der Waals surface area contributed by atoms with Crippen molar-refractivity contribution in [2.45, 2.75) is 13.1 Å². The number of benzene rings is 1. The topological polar surface area (TPSA) is 113 Å². The van der Waals surface area contributed by atoms with Crippen molar-refractivity contribution in [2.24, 2.45) is 10.1 Å². The summed E-state index contributed by atoms with van der Waals surface area (Å²) < 4.78 is 5.32. The van der Waals surface area contributed by atoms with E-state index in [4.69, 9.17) is 4.42 Å². The van der Waals surface area contributed by atoms with Crippen LogP contribution < -0.4 is 15.9 Å². The van der Waals surface area contributed by atoms with Crippen molar-refractivity contribution in [3.63, 3.8) is 0 Å². The average molecular weight is 371 g/mol. The summed E-state index contributed by atoms with van der Waals surface area (Å²) in [6.45, 7) is 1.95. The molecule has 2 aliphatic heterocycles. The maximum absolute atomic E-state index is 12.7. The number of furan rings is 1. The summed E-state index contributed by atoms with van der Waals surface area (Å²) >= 11 is 1.38. The van der Waals surface area contributed by atoms with Crippen molar-refractivity contribution in [3.8, 4) is 0 Å². The summed E-state index contributed by atoms with van der Waals surface area (Å²) in [5.41, 5.74) is 0.333. The molecule has 0 fully saturated rings. The van der Waals surface area contributed by atoms with Crippen LogP contribution in [0.1, 0.15) is 18.8 Å². The van der Waals surface area contributed by atoms with Gasteiger partial charge in [0.25, 0.3) is 5.91 Å². The third kappa shape index (κ3) is 2.64. The second kappa shape index (κ2) is 6.30. The molecule has 0 unspecified atom stereocenters. The highest BCUT2D eigenvalue weighted by atomic mass is 32.2. The van der Waals surface area contributed by atoms with Crippen molar-refractivity contribution in [2.75, 3.05) is 5.75 Å². The molecule has 0 bridgehead atoms. The van der Waals surface area contributed by atoms with Crippen LogP contribution in [0.5, 0.6) is 0 Å². The molecule has 0 radical (unpaired) electrons. The SMILES string of the molecule is CCSC1=NN2C(=c3ccccc3=N[C@H]2c2ccc([N+](=O)[O-])o2)C(=O)N1. The molecule has 9 nitrogen and oxygen atoms in total. The standard InChI is InChI=1S/C16H13N5O4S/c1-2-26-16-18-15(22)13-9-5-3-4-6-10(9)17-14(20(13)19-16)11-7-8-12(25-11)21(23)24/h3-8,14H,2H2,1H3,(H,18,19,22)/t14-/m1/s1. The number of hydrazone groups is 1. The number of para-hydroxylation sites is 1. The minimum atomic E-state index is -0.799. The number of nitrogens with one attached hydrogen (secondary N) is 1. The number of hydrogen-bond donors (Lipinski definition) is 1. The second-order valence-electron chi connectivity index (χ2n) is 5.44. The molecule has 10 heteroatoms. The first-order valence-corrected chi connectivity index (χ1v) is 8.80. The van der Waals surface area contributed by atoms with E-state index in [1.165, 1.54) is 28.9 Å². The van der Waals surface area contributed by atoms with Crippen LogP contribution in [0.2, 0.25) is 0 Å². The number of fused-ring (bicyclic) bond motifs is 2. The van der Waals surface area contributed by atoms with Gasteiger partial charge in [-0.25, -0.2) is 10.0 Å². The van der Waals surface area contributed by atoms with Gasteiger partial charge in [0.15, 0.2) is 10.9 Å². The molecular formula is C16H13N5O4S. The van der Waals surface area contributed by atoms with Crippen molar-refractivity contribution >= 4 is 34.4 Å². The predicted molar refractivity (Wildman–Crippen MR) is 94.3 cm³/mol. The number of carbonyl (C=O) groups excluding carboxylic acids is 1. The Bertz CT molecular complexity index is 1060. The zero-order valence-corrected chi connectivity index (χ0v) is 14.4. The van der Waals surface area contributed by atoms with Crippen molar-refractivity contribution in [3.05, 3.63) is 62.8 Å². The van der Waals surface area contributed by atoms with Crippen molar-refractivity contribution in [1.29, 1.82) is 0 Å². The molecule has 2 aliphatic rings. The Morgan fingerprint density at radius 3 is 2.88 bits per heavy atom. The largest absolute Gasteiger partial charge is 0.433 e. The number of nitro groups is 1. The Kier molecular flexibility index (Phi) is 3.96. The summed E-state index contributed by atoms with van der Waals surface area (Å²) in [7, 11) is 0. The molecule has 0 saturated heterocycles. The molecule has 0 saturated carbocycles. The number of carbonyl (C=O) groups is 1. The Morgan fingerprint density at radius 1 is 1.35 bits per heavy atom. The van der Waals surface area contributed by atoms with Gasteiger partial charge >= 0.3 is 5.88 Å². The number of thioether (sulfide) groups is 1. The van der Waals surface area contributed by atoms with Crippen LogP contribution >= 0.6 is 11.8 Å². The lowest BCUT2D eigenvalue weighted by molar-refractivity contribution is -0.402. The van der Waals surface area contributed by atoms with Gasteiger partial charge in [0.05, 0.1) is 11.4 Å². The van der Waals surface area contributed by atoms with Gasteiger partial charge in [0, 0.05) is 5.22 Å². The summed E-state index contributed by atoms with van der Waals surface area (Å²) in [4.78, 5) is 27.6. The fraction of sp³-hybridized carbons (Fsp3) is 0.188. The Labute approximate surface area is 151 Å². The third-order valence-corrected chi connectivity index (χ3v) is 4.59. The molecule has 132 valence electrons. The van der Waals surface area contributed by atoms with E-state index < -0.39 is 11.1 Å². The van der Waals surface area contributed by atoms with Crippen LogP contribution in [0.25, 0.3) is 5.70 Å². The molecule has 4 rings (SSSR count). The maximum Gasteiger partial charge on any atom is 0.433 e. The molecule has 26 heavy (non-hydrogen) atoms. The van der Waals surface area contributed by atoms with Gasteiger partial charge in [-0.1, -0.05) is 36.9 Å². The molecule has 0 aliphatic carbocycles. The molecule has 1 amide bonds. The van der Waals surface area contributed by atoms with E-state index in [2.05, 4.69) is 15.4 Å². The first-order valence-electron chi connectivity index (χ1n) is 7.81. The third-order valence-electron chi connectivity index (χ3n) is 3.84. The summed E-state index contributed by atoms with van der Waals surface area (Å²) in [5.74, 6) is 0.281. The van der Waals surface area contributed by atoms with E-state index in [0.29, 0.717) is 21.4 Å². The zero-order valence-electron chi connectivity index (χ0n) is 13.6. The first kappa shape index (κ1) is 16.3. The first-order chi connectivity index (χ1) is 12.6. The number of amides is 1. The average Bonchev–Trinajstić information content (AvgIpc) is 3.11. The molecule has 1 aromatic carbocycles. The molecular weight excluding hydrogens is 358 g/mol. The zero-order chi connectivity index (χ0) is 18.3. The fourth-order valence-corrected chi connectivity index (χ4v) is 3.38. The monoisotopic (exact) mass is 371 g/mol. The van der Waals surface area contributed by atoms with Crippen LogP contribution in [-0.2, 0) is 4.79 Å². The second-order valence-corrected chi connectivity index (χ2v) is 6.69.